The molecule has 0 unspecified atom stereocenters. The van der Waals surface area contributed by atoms with Gasteiger partial charge in [-0.1, -0.05) is 0 Å². The molecule has 0 saturated carbocycles. The van der Waals surface area contributed by atoms with E-state index in [2.05, 4.69) is 0 Å². The summed E-state index contributed by atoms with van der Waals surface area (Å²) < 4.78 is 19.8. The molecule has 0 fully saturated rings. The van der Waals surface area contributed by atoms with Crippen LogP contribution in [0.5, 0.6) is 0 Å². The van der Waals surface area contributed by atoms with Gasteiger partial charge in [0.05, 0.1) is 0 Å². The van der Waals surface area contributed by atoms with Crippen molar-refractivity contribution in [2.75, 3.05) is 0 Å². The first-order chi connectivity index (χ1) is 4.37. The fourth-order valence-electron chi connectivity index (χ4n) is 0. The van der Waals surface area contributed by atoms with Gasteiger partial charge >= 0.3 is 19.4 Å². The number of carboxylic acid groups (broad SMARTS) is 2. The third kappa shape index (κ3) is 44.3. The maximum atomic E-state index is 9.89. The summed E-state index contributed by atoms with van der Waals surface area (Å²) in [5.74, 6) is -3.65. The van der Waals surface area contributed by atoms with Crippen molar-refractivity contribution in [3.63, 3.8) is 0 Å². The average Bonchev–Trinajstić information content (AvgIpc) is 1.63. The Labute approximate surface area is 72.4 Å². The van der Waals surface area contributed by atoms with Crippen LogP contribution in [0.15, 0.2) is 0 Å². The molecule has 0 rings (SSSR count). The molecule has 11 heavy (non-hydrogen) atoms. The summed E-state index contributed by atoms with van der Waals surface area (Å²) in [5.41, 5.74) is 0. The fourth-order valence-corrected chi connectivity index (χ4v) is 0. The minimum atomic E-state index is -3.17. The van der Waals surface area contributed by atoms with Crippen molar-refractivity contribution in [2.24, 2.45) is 0 Å². The fraction of sp³-hybridized carbons (Fsp3) is 0. The Morgan fingerprint density at radius 2 is 1.18 bits per heavy atom. The van der Waals surface area contributed by atoms with Gasteiger partial charge < -0.3 is 15.2 Å². The summed E-state index contributed by atoms with van der Waals surface area (Å²) in [6.07, 6.45) is 0. The Morgan fingerprint density at radius 3 is 1.18 bits per heavy atom. The first kappa shape index (κ1) is 16.8. The molecule has 5 nitrogen and oxygen atoms in total. The minimum absolute atomic E-state index is 0. The van der Waals surface area contributed by atoms with E-state index in [9.17, 15) is 8.63 Å². The zero-order valence-corrected chi connectivity index (χ0v) is 5.49. The number of hydrogen-bond acceptors (Lipinski definition) is 3. The minimum Gasteiger partial charge on any atom is -0.473 e. The van der Waals surface area contributed by atoms with E-state index in [-0.39, 0.29) is 18.9 Å². The van der Waals surface area contributed by atoms with E-state index in [1.54, 1.807) is 0 Å². The van der Waals surface area contributed by atoms with E-state index >= 15 is 0 Å². The van der Waals surface area contributed by atoms with Crippen molar-refractivity contribution in [3.05, 3.63) is 0 Å². The van der Waals surface area contributed by atoms with Crippen LogP contribution in [-0.4, -0.2) is 53.5 Å². The van der Waals surface area contributed by atoms with Crippen molar-refractivity contribution in [2.45, 2.75) is 0 Å². The van der Waals surface area contributed by atoms with Crippen molar-refractivity contribution >= 4 is 38.3 Å². The third-order valence-corrected chi connectivity index (χ3v) is 0.183. The Kier molecular flexibility index (Phi) is 14.4. The summed E-state index contributed by atoms with van der Waals surface area (Å²) in [6, 6.07) is 0. The molecule has 0 heterocycles. The van der Waals surface area contributed by atoms with Crippen molar-refractivity contribution in [1.29, 1.82) is 0 Å². The molecule has 0 aromatic heterocycles. The van der Waals surface area contributed by atoms with E-state index < -0.39 is 19.4 Å². The molecule has 0 spiro atoms. The number of halogens is 2. The number of aliphatic carboxylic acids is 2. The second-order valence-corrected chi connectivity index (χ2v) is 0.888. The van der Waals surface area contributed by atoms with Gasteiger partial charge in [-0.2, -0.15) is 0 Å². The van der Waals surface area contributed by atoms with Crippen molar-refractivity contribution in [1.82, 2.24) is 0 Å². The Hall–Kier alpha value is -0.578. The number of hydrogen-bond donors (Lipinski definition) is 3. The molecule has 0 atom stereocenters. The second-order valence-electron chi connectivity index (χ2n) is 0.888. The standard InChI is InChI=1S/C2H2O4.BF2HO.Li/c3-1(4)2(5)6;2-1(3)4;/h(H,3,4)(H,5,6);4H;. The predicted octanol–water partition coefficient (Wildman–Crippen LogP) is -1.32. The van der Waals surface area contributed by atoms with Gasteiger partial charge in [0.25, 0.3) is 0 Å². The molecule has 0 aromatic rings. The zero-order chi connectivity index (χ0) is 8.73. The van der Waals surface area contributed by atoms with Gasteiger partial charge in [-0.3, -0.25) is 8.63 Å². The Morgan fingerprint density at radius 1 is 1.09 bits per heavy atom. The molecular weight excluding hydrogens is 160 g/mol. The summed E-state index contributed by atoms with van der Waals surface area (Å²) in [5, 5.41) is 21.5. The van der Waals surface area contributed by atoms with Crippen LogP contribution in [-0.2, 0) is 9.59 Å². The maximum Gasteiger partial charge on any atom is 0.718 e. The van der Waals surface area contributed by atoms with Gasteiger partial charge in [-0.15, -0.1) is 0 Å². The van der Waals surface area contributed by atoms with Crippen LogP contribution in [0.2, 0.25) is 0 Å². The second kappa shape index (κ2) is 9.42. The molecule has 59 valence electrons. The number of carbonyl (C=O) groups is 2. The Bertz CT molecular complexity index is 115. The SMILES string of the molecule is O=C(O)C(=O)O.OB(F)F.[Li]. The molecule has 0 aliphatic rings. The van der Waals surface area contributed by atoms with Gasteiger partial charge in [0.1, 0.15) is 0 Å². The maximum absolute atomic E-state index is 9.89. The van der Waals surface area contributed by atoms with E-state index in [0.717, 1.165) is 0 Å². The summed E-state index contributed by atoms with van der Waals surface area (Å²) >= 11 is 0. The molecule has 0 saturated heterocycles. The smallest absolute Gasteiger partial charge is 0.473 e. The summed E-state index contributed by atoms with van der Waals surface area (Å²) in [7, 11) is -3.17. The largest absolute Gasteiger partial charge is 0.718 e. The van der Waals surface area contributed by atoms with Crippen molar-refractivity contribution in [3.8, 4) is 0 Å². The van der Waals surface area contributed by atoms with E-state index in [1.807, 2.05) is 0 Å². The average molecular weight is 163 g/mol. The van der Waals surface area contributed by atoms with Gasteiger partial charge in [-0.25, -0.2) is 9.59 Å². The van der Waals surface area contributed by atoms with Gasteiger partial charge in [0.2, 0.25) is 0 Å². The van der Waals surface area contributed by atoms with Crippen molar-refractivity contribution < 1.29 is 33.5 Å². The quantitative estimate of drug-likeness (QED) is 0.304. The Balaban J connectivity index is -0.000000114. The topological polar surface area (TPSA) is 94.8 Å². The number of carboxylic acids is 2. The van der Waals surface area contributed by atoms with Gasteiger partial charge in [0.15, 0.2) is 0 Å². The third-order valence-electron chi connectivity index (χ3n) is 0.183. The molecule has 0 bridgehead atoms. The van der Waals surface area contributed by atoms with Crippen LogP contribution in [0, 0.1) is 0 Å². The molecule has 9 heteroatoms. The van der Waals surface area contributed by atoms with Crippen LogP contribution >= 0.6 is 0 Å². The van der Waals surface area contributed by atoms with E-state index in [0.29, 0.717) is 0 Å². The van der Waals surface area contributed by atoms with Crippen LogP contribution in [0.25, 0.3) is 0 Å². The molecule has 0 aliphatic heterocycles. The molecule has 0 amide bonds. The molecule has 0 aliphatic carbocycles. The van der Waals surface area contributed by atoms with Gasteiger partial charge in [0, 0.05) is 18.9 Å². The first-order valence-corrected chi connectivity index (χ1v) is 1.80. The molecular formula is C2H3BF2LiO5. The summed E-state index contributed by atoms with van der Waals surface area (Å²) in [4.78, 5) is 18.2. The van der Waals surface area contributed by atoms with E-state index in [1.165, 1.54) is 0 Å². The summed E-state index contributed by atoms with van der Waals surface area (Å²) in [6.45, 7) is 0. The number of rotatable bonds is 0. The zero-order valence-electron chi connectivity index (χ0n) is 5.49. The van der Waals surface area contributed by atoms with Crippen LogP contribution < -0.4 is 0 Å². The predicted molar refractivity (Wildman–Crippen MR) is 31.2 cm³/mol. The molecule has 1 radical (unpaired) electrons. The monoisotopic (exact) mass is 163 g/mol. The van der Waals surface area contributed by atoms with Crippen LogP contribution in [0.4, 0.5) is 8.63 Å². The van der Waals surface area contributed by atoms with Crippen LogP contribution in [0.1, 0.15) is 0 Å². The first-order valence-electron chi connectivity index (χ1n) is 1.80. The molecule has 3 N–H and O–H groups in total. The normalized spacial score (nSPS) is 6.45. The van der Waals surface area contributed by atoms with Crippen LogP contribution in [0.3, 0.4) is 0 Å². The van der Waals surface area contributed by atoms with Gasteiger partial charge in [-0.05, 0) is 0 Å². The van der Waals surface area contributed by atoms with E-state index in [4.69, 9.17) is 24.8 Å². The molecule has 0 aromatic carbocycles.